The van der Waals surface area contributed by atoms with Crippen LogP contribution in [0.3, 0.4) is 0 Å². The van der Waals surface area contributed by atoms with E-state index in [0.29, 0.717) is 13.1 Å². The SMILES string of the molecule is CNS(=O)(=O)CCNCc1ccc2cnccc2c1. The molecule has 0 aliphatic rings. The number of sulfonamides is 1. The molecular weight excluding hydrogens is 262 g/mol. The molecule has 2 aromatic rings. The van der Waals surface area contributed by atoms with E-state index in [9.17, 15) is 8.42 Å². The molecule has 1 heterocycles. The minimum absolute atomic E-state index is 0.0843. The van der Waals surface area contributed by atoms with Gasteiger partial charge in [-0.2, -0.15) is 0 Å². The zero-order valence-electron chi connectivity index (χ0n) is 10.8. The highest BCUT2D eigenvalue weighted by molar-refractivity contribution is 7.89. The molecule has 0 aliphatic heterocycles. The number of pyridine rings is 1. The maximum absolute atomic E-state index is 11.2. The summed E-state index contributed by atoms with van der Waals surface area (Å²) in [7, 11) is -1.71. The summed E-state index contributed by atoms with van der Waals surface area (Å²) in [5, 5.41) is 5.36. The van der Waals surface area contributed by atoms with Crippen LogP contribution in [0.15, 0.2) is 36.7 Å². The second kappa shape index (κ2) is 6.10. The summed E-state index contributed by atoms with van der Waals surface area (Å²) < 4.78 is 24.7. The average Bonchev–Trinajstić information content (AvgIpc) is 2.43. The predicted molar refractivity (Wildman–Crippen MR) is 76.3 cm³/mol. The van der Waals surface area contributed by atoms with Gasteiger partial charge in [-0.3, -0.25) is 4.98 Å². The highest BCUT2D eigenvalue weighted by Crippen LogP contribution is 2.14. The number of hydrogen-bond acceptors (Lipinski definition) is 4. The number of fused-ring (bicyclic) bond motifs is 1. The van der Waals surface area contributed by atoms with Gasteiger partial charge in [0, 0.05) is 30.9 Å². The first-order chi connectivity index (χ1) is 9.11. The summed E-state index contributed by atoms with van der Waals surface area (Å²) in [5.74, 6) is 0.0843. The summed E-state index contributed by atoms with van der Waals surface area (Å²) >= 11 is 0. The molecule has 1 aromatic carbocycles. The molecule has 6 heteroatoms. The molecule has 0 spiro atoms. The van der Waals surface area contributed by atoms with Gasteiger partial charge in [-0.1, -0.05) is 12.1 Å². The molecule has 102 valence electrons. The molecule has 5 nitrogen and oxygen atoms in total. The Hall–Kier alpha value is -1.50. The number of benzene rings is 1. The van der Waals surface area contributed by atoms with Gasteiger partial charge < -0.3 is 5.32 Å². The van der Waals surface area contributed by atoms with E-state index in [1.54, 1.807) is 6.20 Å². The van der Waals surface area contributed by atoms with Gasteiger partial charge in [0.15, 0.2) is 0 Å². The van der Waals surface area contributed by atoms with Crippen LogP contribution in [0.25, 0.3) is 10.8 Å². The van der Waals surface area contributed by atoms with Gasteiger partial charge in [-0.05, 0) is 30.1 Å². The Bertz CT molecular complexity index is 656. The van der Waals surface area contributed by atoms with E-state index >= 15 is 0 Å². The van der Waals surface area contributed by atoms with Crippen LogP contribution in [0.2, 0.25) is 0 Å². The molecule has 0 saturated carbocycles. The maximum Gasteiger partial charge on any atom is 0.212 e. The van der Waals surface area contributed by atoms with Crippen LogP contribution in [0, 0.1) is 0 Å². The Labute approximate surface area is 113 Å². The second-order valence-electron chi connectivity index (χ2n) is 4.26. The van der Waals surface area contributed by atoms with Crippen LogP contribution in [-0.4, -0.2) is 32.7 Å². The molecule has 0 amide bonds. The summed E-state index contributed by atoms with van der Waals surface area (Å²) in [6.45, 7) is 1.08. The fourth-order valence-electron chi connectivity index (χ4n) is 1.78. The van der Waals surface area contributed by atoms with Gasteiger partial charge >= 0.3 is 0 Å². The van der Waals surface area contributed by atoms with Crippen molar-refractivity contribution in [3.05, 3.63) is 42.2 Å². The van der Waals surface area contributed by atoms with E-state index in [2.05, 4.69) is 21.1 Å². The quantitative estimate of drug-likeness (QED) is 0.770. The Balaban J connectivity index is 1.91. The molecule has 1 aromatic heterocycles. The monoisotopic (exact) mass is 279 g/mol. The van der Waals surface area contributed by atoms with Crippen molar-refractivity contribution in [2.75, 3.05) is 19.3 Å². The highest BCUT2D eigenvalue weighted by atomic mass is 32.2. The van der Waals surface area contributed by atoms with Crippen molar-refractivity contribution in [3.8, 4) is 0 Å². The zero-order chi connectivity index (χ0) is 13.7. The van der Waals surface area contributed by atoms with Crippen molar-refractivity contribution in [1.82, 2.24) is 15.0 Å². The molecule has 0 fully saturated rings. The Kier molecular flexibility index (Phi) is 4.47. The Morgan fingerprint density at radius 1 is 1.21 bits per heavy atom. The fourth-order valence-corrected chi connectivity index (χ4v) is 2.40. The van der Waals surface area contributed by atoms with Gasteiger partial charge in [-0.15, -0.1) is 0 Å². The maximum atomic E-state index is 11.2. The van der Waals surface area contributed by atoms with Crippen LogP contribution < -0.4 is 10.0 Å². The first-order valence-corrected chi connectivity index (χ1v) is 7.70. The smallest absolute Gasteiger partial charge is 0.212 e. The summed E-state index contributed by atoms with van der Waals surface area (Å²) in [6, 6.07) is 8.08. The lowest BCUT2D eigenvalue weighted by atomic mass is 10.1. The highest BCUT2D eigenvalue weighted by Gasteiger charge is 2.05. The van der Waals surface area contributed by atoms with E-state index < -0.39 is 10.0 Å². The largest absolute Gasteiger partial charge is 0.312 e. The molecule has 0 atom stereocenters. The minimum atomic E-state index is -3.13. The summed E-state index contributed by atoms with van der Waals surface area (Å²) in [5.41, 5.74) is 1.13. The number of hydrogen-bond donors (Lipinski definition) is 2. The van der Waals surface area contributed by atoms with Crippen molar-refractivity contribution in [1.29, 1.82) is 0 Å². The van der Waals surface area contributed by atoms with E-state index in [4.69, 9.17) is 0 Å². The lowest BCUT2D eigenvalue weighted by molar-refractivity contribution is 0.583. The first kappa shape index (κ1) is 13.9. The van der Waals surface area contributed by atoms with Gasteiger partial charge in [0.2, 0.25) is 10.0 Å². The van der Waals surface area contributed by atoms with Crippen molar-refractivity contribution >= 4 is 20.8 Å². The van der Waals surface area contributed by atoms with Crippen LogP contribution in [0.5, 0.6) is 0 Å². The van der Waals surface area contributed by atoms with E-state index in [1.165, 1.54) is 7.05 Å². The van der Waals surface area contributed by atoms with Gasteiger partial charge in [0.25, 0.3) is 0 Å². The van der Waals surface area contributed by atoms with Gasteiger partial charge in [-0.25, -0.2) is 13.1 Å². The van der Waals surface area contributed by atoms with Crippen molar-refractivity contribution in [2.45, 2.75) is 6.54 Å². The van der Waals surface area contributed by atoms with E-state index in [1.807, 2.05) is 24.4 Å². The Morgan fingerprint density at radius 2 is 2.05 bits per heavy atom. The number of rotatable bonds is 6. The topological polar surface area (TPSA) is 71.1 Å². The van der Waals surface area contributed by atoms with Crippen molar-refractivity contribution in [3.63, 3.8) is 0 Å². The van der Waals surface area contributed by atoms with Crippen LogP contribution in [-0.2, 0) is 16.6 Å². The lowest BCUT2D eigenvalue weighted by Crippen LogP contribution is -2.29. The van der Waals surface area contributed by atoms with E-state index in [0.717, 1.165) is 16.3 Å². The fraction of sp³-hybridized carbons (Fsp3) is 0.308. The normalized spacial score (nSPS) is 11.8. The molecule has 0 unspecified atom stereocenters. The molecule has 2 rings (SSSR count). The van der Waals surface area contributed by atoms with Gasteiger partial charge in [0.1, 0.15) is 0 Å². The van der Waals surface area contributed by atoms with Crippen LogP contribution >= 0.6 is 0 Å². The molecule has 2 N–H and O–H groups in total. The van der Waals surface area contributed by atoms with Crippen LogP contribution in [0.4, 0.5) is 0 Å². The van der Waals surface area contributed by atoms with Crippen molar-refractivity contribution < 1.29 is 8.42 Å². The zero-order valence-corrected chi connectivity index (χ0v) is 11.6. The molecule has 0 bridgehead atoms. The molecule has 0 aliphatic carbocycles. The second-order valence-corrected chi connectivity index (χ2v) is 6.30. The molecule has 0 radical (unpaired) electrons. The molecule has 19 heavy (non-hydrogen) atoms. The number of nitrogens with one attached hydrogen (secondary N) is 2. The molecule has 0 saturated heterocycles. The third-order valence-electron chi connectivity index (χ3n) is 2.89. The average molecular weight is 279 g/mol. The Morgan fingerprint density at radius 3 is 2.84 bits per heavy atom. The third-order valence-corrected chi connectivity index (χ3v) is 4.26. The minimum Gasteiger partial charge on any atom is -0.312 e. The third kappa shape index (κ3) is 3.99. The standard InChI is InChI=1S/C13H17N3O2S/c1-14-19(17,18)7-6-16-9-11-2-3-13-10-15-5-4-12(13)8-11/h2-5,8,10,14,16H,6-7,9H2,1H3. The lowest BCUT2D eigenvalue weighted by Gasteiger charge is -2.06. The first-order valence-electron chi connectivity index (χ1n) is 6.05. The van der Waals surface area contributed by atoms with Crippen LogP contribution in [0.1, 0.15) is 5.56 Å². The summed E-state index contributed by atoms with van der Waals surface area (Å²) in [4.78, 5) is 4.07. The predicted octanol–water partition coefficient (Wildman–Crippen LogP) is 0.874. The number of aromatic nitrogens is 1. The molecular formula is C13H17N3O2S. The number of nitrogens with zero attached hydrogens (tertiary/aromatic N) is 1. The van der Waals surface area contributed by atoms with Gasteiger partial charge in [0.05, 0.1) is 5.75 Å². The summed E-state index contributed by atoms with van der Waals surface area (Å²) in [6.07, 6.45) is 3.59. The van der Waals surface area contributed by atoms with Crippen molar-refractivity contribution in [2.24, 2.45) is 0 Å². The van der Waals surface area contributed by atoms with E-state index in [-0.39, 0.29) is 5.75 Å².